The lowest BCUT2D eigenvalue weighted by molar-refractivity contribution is 0.0926. The fraction of sp³-hybridized carbons (Fsp3) is 0.174. The van der Waals surface area contributed by atoms with Gasteiger partial charge in [-0.2, -0.15) is 4.91 Å². The molecule has 5 rings (SSSR count). The quantitative estimate of drug-likeness (QED) is 0.445. The minimum Gasteiger partial charge on any atom is -0.447 e. The third-order valence-corrected chi connectivity index (χ3v) is 5.44. The molecule has 2 N–H and O–H groups in total. The third kappa shape index (κ3) is 3.63. The number of carbonyl (C=O) groups excluding carboxylic acids is 1. The number of benzene rings is 1. The van der Waals surface area contributed by atoms with E-state index >= 15 is 0 Å². The number of furan rings is 1. The van der Waals surface area contributed by atoms with E-state index in [0.29, 0.717) is 11.3 Å². The highest BCUT2D eigenvalue weighted by Gasteiger charge is 2.25. The summed E-state index contributed by atoms with van der Waals surface area (Å²) in [6, 6.07) is 12.9. The fourth-order valence-electron chi connectivity index (χ4n) is 3.92. The Morgan fingerprint density at radius 3 is 2.97 bits per heavy atom. The number of hydrogen-bond donors (Lipinski definition) is 2. The second-order valence-electron chi connectivity index (χ2n) is 7.38. The van der Waals surface area contributed by atoms with Gasteiger partial charge in [-0.25, -0.2) is 0 Å². The number of nitrogens with one attached hydrogen (secondary N) is 2. The molecule has 1 aromatic carbocycles. The second kappa shape index (κ2) is 7.98. The Morgan fingerprint density at radius 1 is 1.19 bits per heavy atom. The number of aromatic nitrogens is 2. The van der Waals surface area contributed by atoms with Crippen molar-refractivity contribution in [3.63, 3.8) is 0 Å². The molecular weight excluding hydrogens is 394 g/mol. The van der Waals surface area contributed by atoms with Crippen LogP contribution in [0.4, 0.5) is 11.4 Å². The molecule has 1 aliphatic carbocycles. The zero-order chi connectivity index (χ0) is 21.2. The summed E-state index contributed by atoms with van der Waals surface area (Å²) in [4.78, 5) is 32.2. The number of fused-ring (bicyclic) bond motifs is 2. The lowest BCUT2D eigenvalue weighted by Gasteiger charge is -2.10. The second-order valence-corrected chi connectivity index (χ2v) is 7.38. The first-order valence-electron chi connectivity index (χ1n) is 10.00. The van der Waals surface area contributed by atoms with Gasteiger partial charge >= 0.3 is 0 Å². The Hall–Kier alpha value is -4.07. The van der Waals surface area contributed by atoms with E-state index in [2.05, 4.69) is 25.8 Å². The lowest BCUT2D eigenvalue weighted by atomic mass is 10.1. The van der Waals surface area contributed by atoms with Crippen LogP contribution in [0.5, 0.6) is 0 Å². The summed E-state index contributed by atoms with van der Waals surface area (Å²) in [5, 5.41) is 10.1. The first-order valence-corrected chi connectivity index (χ1v) is 10.00. The fourth-order valence-corrected chi connectivity index (χ4v) is 3.92. The van der Waals surface area contributed by atoms with Crippen molar-refractivity contribution in [1.82, 2.24) is 15.3 Å². The minimum absolute atomic E-state index is 0.173. The van der Waals surface area contributed by atoms with E-state index in [-0.39, 0.29) is 24.3 Å². The molecule has 0 saturated heterocycles. The summed E-state index contributed by atoms with van der Waals surface area (Å²) in [6.07, 6.45) is 6.44. The van der Waals surface area contributed by atoms with Crippen LogP contribution < -0.4 is 10.6 Å². The van der Waals surface area contributed by atoms with Gasteiger partial charge in [0.1, 0.15) is 6.04 Å². The molecule has 31 heavy (non-hydrogen) atoms. The summed E-state index contributed by atoms with van der Waals surface area (Å²) in [5.74, 6) is -0.178. The molecule has 0 saturated carbocycles. The number of rotatable bonds is 6. The van der Waals surface area contributed by atoms with Crippen LogP contribution in [0.2, 0.25) is 0 Å². The molecule has 4 aromatic rings. The van der Waals surface area contributed by atoms with Crippen LogP contribution in [0, 0.1) is 4.91 Å². The number of carbonyl (C=O) groups is 1. The van der Waals surface area contributed by atoms with Crippen molar-refractivity contribution in [3.05, 3.63) is 88.5 Å². The summed E-state index contributed by atoms with van der Waals surface area (Å²) < 4.78 is 5.83. The van der Waals surface area contributed by atoms with Crippen molar-refractivity contribution in [2.45, 2.75) is 25.4 Å². The summed E-state index contributed by atoms with van der Waals surface area (Å²) in [6.45, 7) is 0.285. The maximum absolute atomic E-state index is 12.9. The van der Waals surface area contributed by atoms with Crippen molar-refractivity contribution in [2.24, 2.45) is 5.18 Å². The van der Waals surface area contributed by atoms with E-state index in [4.69, 9.17) is 4.42 Å². The van der Waals surface area contributed by atoms with Crippen molar-refractivity contribution >= 4 is 28.3 Å². The minimum atomic E-state index is -0.351. The Morgan fingerprint density at radius 2 is 2.13 bits per heavy atom. The highest BCUT2D eigenvalue weighted by Crippen LogP contribution is 2.37. The van der Waals surface area contributed by atoms with Gasteiger partial charge in [-0.05, 0) is 54.3 Å². The molecule has 8 nitrogen and oxygen atoms in total. The van der Waals surface area contributed by atoms with Gasteiger partial charge in [0.15, 0.2) is 5.58 Å². The van der Waals surface area contributed by atoms with Gasteiger partial charge in [0.25, 0.3) is 5.91 Å². The molecule has 1 unspecified atom stereocenters. The van der Waals surface area contributed by atoms with Crippen LogP contribution in [0.3, 0.4) is 0 Å². The van der Waals surface area contributed by atoms with Gasteiger partial charge in [0.05, 0.1) is 24.1 Å². The van der Waals surface area contributed by atoms with Gasteiger partial charge in [0, 0.05) is 23.5 Å². The van der Waals surface area contributed by atoms with Crippen LogP contribution in [0.1, 0.15) is 39.8 Å². The average molecular weight is 413 g/mol. The smallest absolute Gasteiger partial charge is 0.289 e. The first kappa shape index (κ1) is 18.9. The van der Waals surface area contributed by atoms with Crippen LogP contribution in [0.25, 0.3) is 11.0 Å². The van der Waals surface area contributed by atoms with Crippen molar-refractivity contribution < 1.29 is 9.21 Å². The van der Waals surface area contributed by atoms with Crippen molar-refractivity contribution in [1.29, 1.82) is 0 Å². The van der Waals surface area contributed by atoms with Crippen LogP contribution in [-0.4, -0.2) is 15.9 Å². The van der Waals surface area contributed by atoms with Gasteiger partial charge in [-0.3, -0.25) is 14.8 Å². The van der Waals surface area contributed by atoms with E-state index in [1.807, 2.05) is 36.4 Å². The summed E-state index contributed by atoms with van der Waals surface area (Å²) in [5.41, 5.74) is 4.70. The Kier molecular flexibility index (Phi) is 4.87. The van der Waals surface area contributed by atoms with Crippen LogP contribution in [-0.2, 0) is 13.0 Å². The summed E-state index contributed by atoms with van der Waals surface area (Å²) >= 11 is 0. The Labute approximate surface area is 177 Å². The number of hydrogen-bond acceptors (Lipinski definition) is 7. The number of pyridine rings is 2. The number of nitrogens with zero attached hydrogens (tertiary/aromatic N) is 3. The predicted octanol–water partition coefficient (Wildman–Crippen LogP) is 4.65. The monoisotopic (exact) mass is 413 g/mol. The number of aryl methyl sites for hydroxylation is 1. The van der Waals surface area contributed by atoms with E-state index in [0.717, 1.165) is 40.7 Å². The molecule has 0 radical (unpaired) electrons. The molecule has 3 aromatic heterocycles. The largest absolute Gasteiger partial charge is 0.447 e. The van der Waals surface area contributed by atoms with Gasteiger partial charge < -0.3 is 15.1 Å². The standard InChI is InChI=1S/C23H19N5O3/c29-23(26-12-16-3-1-2-9-25-16)22-21(18-8-10-24-13-20(18)31-22)27-15-5-6-17-14(11-15)4-7-19(17)28-30/h1-3,5-6,8-11,13,19,27H,4,7,12H2,(H,26,29). The molecule has 1 aliphatic rings. The molecule has 0 spiro atoms. The molecule has 0 fully saturated rings. The van der Waals surface area contributed by atoms with E-state index in [1.165, 1.54) is 0 Å². The first-order chi connectivity index (χ1) is 15.2. The number of amides is 1. The topological polar surface area (TPSA) is 109 Å². The molecule has 1 amide bonds. The Bertz CT molecular complexity index is 1270. The van der Waals surface area contributed by atoms with E-state index < -0.39 is 0 Å². The van der Waals surface area contributed by atoms with Gasteiger partial charge in [-0.15, -0.1) is 0 Å². The molecule has 0 bridgehead atoms. The number of anilines is 2. The zero-order valence-corrected chi connectivity index (χ0v) is 16.5. The maximum Gasteiger partial charge on any atom is 0.289 e. The highest BCUT2D eigenvalue weighted by atomic mass is 16.3. The van der Waals surface area contributed by atoms with Crippen molar-refractivity contribution in [2.75, 3.05) is 5.32 Å². The van der Waals surface area contributed by atoms with Gasteiger partial charge in [-0.1, -0.05) is 17.3 Å². The van der Waals surface area contributed by atoms with E-state index in [9.17, 15) is 9.70 Å². The van der Waals surface area contributed by atoms with Crippen LogP contribution in [0.15, 0.2) is 70.6 Å². The molecule has 1 atom stereocenters. The zero-order valence-electron chi connectivity index (χ0n) is 16.5. The molecule has 0 aliphatic heterocycles. The Balaban J connectivity index is 1.45. The average Bonchev–Trinajstić information content (AvgIpc) is 3.39. The van der Waals surface area contributed by atoms with E-state index in [1.54, 1.807) is 24.7 Å². The summed E-state index contributed by atoms with van der Waals surface area (Å²) in [7, 11) is 0. The lowest BCUT2D eigenvalue weighted by Crippen LogP contribution is -2.23. The highest BCUT2D eigenvalue weighted by molar-refractivity contribution is 6.07. The third-order valence-electron chi connectivity index (χ3n) is 5.44. The maximum atomic E-state index is 12.9. The van der Waals surface area contributed by atoms with Gasteiger partial charge in [0.2, 0.25) is 5.76 Å². The predicted molar refractivity (Wildman–Crippen MR) is 116 cm³/mol. The normalized spacial score (nSPS) is 14.9. The molecule has 3 heterocycles. The molecule has 154 valence electrons. The number of nitroso groups, excluding NO2 is 1. The van der Waals surface area contributed by atoms with Crippen molar-refractivity contribution in [3.8, 4) is 0 Å². The molecule has 8 heteroatoms. The molecular formula is C23H19N5O3. The van der Waals surface area contributed by atoms with Crippen LogP contribution >= 0.6 is 0 Å². The SMILES string of the molecule is O=NC1CCc2cc(Nc3c(C(=O)NCc4ccccn4)oc4cnccc34)ccc21.